The summed E-state index contributed by atoms with van der Waals surface area (Å²) in [7, 11) is 0. The summed E-state index contributed by atoms with van der Waals surface area (Å²) in [5.74, 6) is 0.645. The highest BCUT2D eigenvalue weighted by atomic mass is 19.1. The lowest BCUT2D eigenvalue weighted by Gasteiger charge is -2.61. The van der Waals surface area contributed by atoms with Gasteiger partial charge in [0.2, 0.25) is 0 Å². The normalized spacial score (nSPS) is 28.1. The molecule has 4 saturated carbocycles. The number of fused-ring (bicyclic) bond motifs is 1. The van der Waals surface area contributed by atoms with Gasteiger partial charge in [0.15, 0.2) is 11.6 Å². The van der Waals surface area contributed by atoms with Crippen molar-refractivity contribution in [3.8, 4) is 22.9 Å². The molecule has 1 aliphatic heterocycles. The molecule has 0 amide bonds. The molecule has 2 bridgehead atoms. The number of hydrogen-bond acceptors (Lipinski definition) is 3. The molecule has 3 aromatic rings. The summed E-state index contributed by atoms with van der Waals surface area (Å²) in [6.45, 7) is 0.992. The largest absolute Gasteiger partial charge is 0.268 e. The maximum absolute atomic E-state index is 13.7. The van der Waals surface area contributed by atoms with Crippen LogP contribution in [-0.2, 0) is 18.5 Å². The average molecular weight is 379 g/mol. The van der Waals surface area contributed by atoms with E-state index in [0.717, 1.165) is 55.7 Å². The molecular formula is C21H19F2N5. The molecule has 3 heterocycles. The quantitative estimate of drug-likeness (QED) is 0.693. The number of hydrogen-bond donors (Lipinski definition) is 0. The van der Waals surface area contributed by atoms with Crippen LogP contribution in [0.5, 0.6) is 0 Å². The van der Waals surface area contributed by atoms with E-state index >= 15 is 0 Å². The SMILES string of the molecule is Fc1cc(F)cc(-c2nc(-c3cc4n(n3)CC3(CC3)C4)n(C34CC(C3)C4)n2)c1. The van der Waals surface area contributed by atoms with Gasteiger partial charge in [-0.15, -0.1) is 5.10 Å². The third kappa shape index (κ3) is 1.97. The summed E-state index contributed by atoms with van der Waals surface area (Å²) in [5, 5.41) is 9.55. The van der Waals surface area contributed by atoms with Gasteiger partial charge >= 0.3 is 0 Å². The summed E-state index contributed by atoms with van der Waals surface area (Å²) in [6.07, 6.45) is 7.00. The summed E-state index contributed by atoms with van der Waals surface area (Å²) in [5.41, 5.74) is 2.94. The van der Waals surface area contributed by atoms with Crippen molar-refractivity contribution in [1.82, 2.24) is 24.5 Å². The number of benzene rings is 1. The van der Waals surface area contributed by atoms with Gasteiger partial charge in [0, 0.05) is 23.9 Å². The van der Waals surface area contributed by atoms with Crippen molar-refractivity contribution in [1.29, 1.82) is 0 Å². The van der Waals surface area contributed by atoms with Crippen molar-refractivity contribution in [2.45, 2.75) is 50.6 Å². The fraction of sp³-hybridized carbons (Fsp3) is 0.476. The minimum Gasteiger partial charge on any atom is -0.268 e. The number of rotatable bonds is 3. The van der Waals surface area contributed by atoms with E-state index in [1.54, 1.807) is 0 Å². The minimum atomic E-state index is -0.617. The standard InChI is InChI=1S/C21H19F2N5/c22-14-3-13(4-15(23)5-14)18-24-19(28(26-18)21-7-12(8-21)9-21)17-6-16-10-20(1-2-20)11-27(16)25-17/h3-6,12H,1-2,7-11H2. The van der Waals surface area contributed by atoms with Crippen LogP contribution in [0, 0.1) is 23.0 Å². The average Bonchev–Trinajstić information content (AvgIpc) is 2.84. The Morgan fingerprint density at radius 3 is 2.32 bits per heavy atom. The van der Waals surface area contributed by atoms with Crippen LogP contribution in [0.3, 0.4) is 0 Å². The van der Waals surface area contributed by atoms with Crippen LogP contribution in [0.1, 0.15) is 37.8 Å². The van der Waals surface area contributed by atoms with E-state index in [0.29, 0.717) is 16.8 Å². The maximum atomic E-state index is 13.7. The molecule has 4 fully saturated rings. The summed E-state index contributed by atoms with van der Waals surface area (Å²) < 4.78 is 31.6. The highest BCUT2D eigenvalue weighted by Crippen LogP contribution is 2.63. The number of nitrogens with zero attached hydrogens (tertiary/aromatic N) is 5. The van der Waals surface area contributed by atoms with E-state index in [1.807, 2.05) is 4.68 Å². The molecule has 1 aromatic carbocycles. The monoisotopic (exact) mass is 379 g/mol. The van der Waals surface area contributed by atoms with E-state index in [2.05, 4.69) is 10.7 Å². The molecule has 142 valence electrons. The smallest absolute Gasteiger partial charge is 0.182 e. The van der Waals surface area contributed by atoms with Gasteiger partial charge in [-0.05, 0) is 68.1 Å². The third-order valence-corrected chi connectivity index (χ3v) is 7.27. The van der Waals surface area contributed by atoms with Crippen molar-refractivity contribution < 1.29 is 8.78 Å². The van der Waals surface area contributed by atoms with Crippen molar-refractivity contribution >= 4 is 0 Å². The number of aromatic nitrogens is 5. The Bertz CT molecular complexity index is 1090. The molecule has 5 nitrogen and oxygen atoms in total. The van der Waals surface area contributed by atoms with Crippen molar-refractivity contribution in [2.24, 2.45) is 11.3 Å². The predicted octanol–water partition coefficient (Wildman–Crippen LogP) is 3.93. The van der Waals surface area contributed by atoms with Gasteiger partial charge in [-0.2, -0.15) is 5.10 Å². The van der Waals surface area contributed by atoms with Gasteiger partial charge in [0.05, 0.1) is 5.54 Å². The molecule has 28 heavy (non-hydrogen) atoms. The van der Waals surface area contributed by atoms with Crippen molar-refractivity contribution in [2.75, 3.05) is 0 Å². The summed E-state index contributed by atoms with van der Waals surface area (Å²) >= 11 is 0. The molecule has 0 N–H and O–H groups in total. The molecule has 4 aliphatic carbocycles. The third-order valence-electron chi connectivity index (χ3n) is 7.27. The highest BCUT2D eigenvalue weighted by molar-refractivity contribution is 5.60. The van der Waals surface area contributed by atoms with Crippen molar-refractivity contribution in [3.05, 3.63) is 41.6 Å². The Hall–Kier alpha value is -2.57. The molecule has 1 spiro atoms. The van der Waals surface area contributed by atoms with E-state index in [-0.39, 0.29) is 5.54 Å². The molecule has 8 rings (SSSR count). The first-order valence-corrected chi connectivity index (χ1v) is 10.0. The van der Waals surface area contributed by atoms with E-state index < -0.39 is 11.6 Å². The van der Waals surface area contributed by atoms with Crippen LogP contribution in [0.4, 0.5) is 8.78 Å². The van der Waals surface area contributed by atoms with Crippen LogP contribution < -0.4 is 0 Å². The minimum absolute atomic E-state index is 0.0168. The molecule has 0 radical (unpaired) electrons. The molecule has 0 atom stereocenters. The van der Waals surface area contributed by atoms with Gasteiger partial charge in [0.25, 0.3) is 0 Å². The zero-order valence-corrected chi connectivity index (χ0v) is 15.3. The van der Waals surface area contributed by atoms with Crippen molar-refractivity contribution in [3.63, 3.8) is 0 Å². The van der Waals surface area contributed by atoms with E-state index in [4.69, 9.17) is 15.2 Å². The lowest BCUT2D eigenvalue weighted by molar-refractivity contribution is -0.0965. The highest BCUT2D eigenvalue weighted by Gasteiger charge is 2.60. The van der Waals surface area contributed by atoms with Gasteiger partial charge in [-0.1, -0.05) is 0 Å². The first kappa shape index (κ1) is 15.4. The Labute approximate surface area is 160 Å². The topological polar surface area (TPSA) is 48.5 Å². The zero-order valence-electron chi connectivity index (χ0n) is 15.3. The van der Waals surface area contributed by atoms with Gasteiger partial charge in [0.1, 0.15) is 17.3 Å². The molecule has 0 unspecified atom stereocenters. The first-order valence-electron chi connectivity index (χ1n) is 10.0. The Morgan fingerprint density at radius 1 is 0.964 bits per heavy atom. The van der Waals surface area contributed by atoms with Crippen LogP contribution in [0.15, 0.2) is 24.3 Å². The van der Waals surface area contributed by atoms with Gasteiger partial charge in [-0.3, -0.25) is 4.68 Å². The molecular weight excluding hydrogens is 360 g/mol. The molecule has 2 aromatic heterocycles. The lowest BCUT2D eigenvalue weighted by Crippen LogP contribution is -2.59. The van der Waals surface area contributed by atoms with Crippen LogP contribution in [0.25, 0.3) is 22.9 Å². The first-order chi connectivity index (χ1) is 13.5. The predicted molar refractivity (Wildman–Crippen MR) is 97.3 cm³/mol. The second kappa shape index (κ2) is 4.70. The molecule has 5 aliphatic rings. The Balaban J connectivity index is 1.35. The second-order valence-corrected chi connectivity index (χ2v) is 9.39. The van der Waals surface area contributed by atoms with Crippen LogP contribution in [-0.4, -0.2) is 24.5 Å². The summed E-state index contributed by atoms with van der Waals surface area (Å²) in [4.78, 5) is 4.71. The van der Waals surface area contributed by atoms with Crippen LogP contribution >= 0.6 is 0 Å². The molecule has 0 saturated heterocycles. The molecule has 7 heteroatoms. The number of halogens is 2. The lowest BCUT2D eigenvalue weighted by atomic mass is 9.50. The Morgan fingerprint density at radius 2 is 1.71 bits per heavy atom. The maximum Gasteiger partial charge on any atom is 0.182 e. The fourth-order valence-corrected chi connectivity index (χ4v) is 5.42. The zero-order chi connectivity index (χ0) is 18.7. The van der Waals surface area contributed by atoms with Gasteiger partial charge < -0.3 is 0 Å². The van der Waals surface area contributed by atoms with Gasteiger partial charge in [-0.25, -0.2) is 18.4 Å². The summed E-state index contributed by atoms with van der Waals surface area (Å²) in [6, 6.07) is 5.59. The van der Waals surface area contributed by atoms with Crippen LogP contribution in [0.2, 0.25) is 0 Å². The Kier molecular flexibility index (Phi) is 2.58. The van der Waals surface area contributed by atoms with E-state index in [1.165, 1.54) is 30.7 Å². The van der Waals surface area contributed by atoms with E-state index in [9.17, 15) is 8.78 Å². The second-order valence-electron chi connectivity index (χ2n) is 9.39. The fourth-order valence-electron chi connectivity index (χ4n) is 5.42.